The van der Waals surface area contributed by atoms with E-state index < -0.39 is 10.8 Å². The standard InChI is InChI=1S/C16H25N3O2S/c1-13(12-22(3)21)18(2)16(20)17-14-7-6-8-15(11-14)19-9-4-5-10-19/h6-8,11,13H,4-5,9-10,12H2,1-3H3,(H,17,20). The quantitative estimate of drug-likeness (QED) is 0.906. The predicted molar refractivity (Wildman–Crippen MR) is 93.1 cm³/mol. The summed E-state index contributed by atoms with van der Waals surface area (Å²) in [6, 6.07) is 7.72. The third-order valence-corrected chi connectivity index (χ3v) is 4.98. The van der Waals surface area contributed by atoms with Crippen molar-refractivity contribution in [2.75, 3.05) is 42.4 Å². The highest BCUT2D eigenvalue weighted by Crippen LogP contribution is 2.23. The maximum Gasteiger partial charge on any atom is 0.321 e. The van der Waals surface area contributed by atoms with E-state index in [2.05, 4.69) is 16.3 Å². The fourth-order valence-electron chi connectivity index (χ4n) is 2.62. The fourth-order valence-corrected chi connectivity index (χ4v) is 3.52. The Labute approximate surface area is 135 Å². The van der Waals surface area contributed by atoms with Gasteiger partial charge < -0.3 is 15.1 Å². The predicted octanol–water partition coefficient (Wildman–Crippen LogP) is 2.52. The zero-order chi connectivity index (χ0) is 16.1. The van der Waals surface area contributed by atoms with Crippen molar-refractivity contribution >= 4 is 28.2 Å². The van der Waals surface area contributed by atoms with Gasteiger partial charge >= 0.3 is 6.03 Å². The van der Waals surface area contributed by atoms with Crippen molar-refractivity contribution in [3.63, 3.8) is 0 Å². The maximum atomic E-state index is 12.3. The molecule has 22 heavy (non-hydrogen) atoms. The lowest BCUT2D eigenvalue weighted by atomic mass is 10.2. The molecular formula is C16H25N3O2S. The van der Waals surface area contributed by atoms with Crippen LogP contribution in [0.2, 0.25) is 0 Å². The highest BCUT2D eigenvalue weighted by Gasteiger charge is 2.18. The molecule has 1 aliphatic rings. The SMILES string of the molecule is CC(CS(C)=O)N(C)C(=O)Nc1cccc(N2CCCC2)c1. The minimum absolute atomic E-state index is 0.0624. The zero-order valence-electron chi connectivity index (χ0n) is 13.5. The molecule has 2 amide bonds. The van der Waals surface area contributed by atoms with Crippen molar-refractivity contribution in [3.05, 3.63) is 24.3 Å². The van der Waals surface area contributed by atoms with Crippen LogP contribution in [-0.4, -0.2) is 53.3 Å². The van der Waals surface area contributed by atoms with E-state index in [1.165, 1.54) is 12.8 Å². The largest absolute Gasteiger partial charge is 0.371 e. The molecule has 0 radical (unpaired) electrons. The molecule has 5 nitrogen and oxygen atoms in total. The first-order chi connectivity index (χ1) is 10.5. The van der Waals surface area contributed by atoms with Gasteiger partial charge in [0.05, 0.1) is 0 Å². The third-order valence-electron chi connectivity index (χ3n) is 4.03. The van der Waals surface area contributed by atoms with E-state index in [1.54, 1.807) is 18.2 Å². The Morgan fingerprint density at radius 2 is 2.09 bits per heavy atom. The van der Waals surface area contributed by atoms with Crippen molar-refractivity contribution in [3.8, 4) is 0 Å². The van der Waals surface area contributed by atoms with Gasteiger partial charge in [-0.3, -0.25) is 4.21 Å². The summed E-state index contributed by atoms with van der Waals surface area (Å²) < 4.78 is 11.3. The molecule has 1 aromatic carbocycles. The molecule has 2 atom stereocenters. The van der Waals surface area contributed by atoms with Crippen LogP contribution in [-0.2, 0) is 10.8 Å². The number of urea groups is 1. The van der Waals surface area contributed by atoms with Gasteiger partial charge in [-0.15, -0.1) is 0 Å². The third kappa shape index (κ3) is 4.47. The summed E-state index contributed by atoms with van der Waals surface area (Å²) in [6.45, 7) is 4.06. The smallest absolute Gasteiger partial charge is 0.321 e. The lowest BCUT2D eigenvalue weighted by Crippen LogP contribution is -2.40. The molecule has 1 fully saturated rings. The number of nitrogens with zero attached hydrogens (tertiary/aromatic N) is 2. The average molecular weight is 323 g/mol. The molecule has 0 saturated carbocycles. The van der Waals surface area contributed by atoms with Crippen molar-refractivity contribution in [2.45, 2.75) is 25.8 Å². The van der Waals surface area contributed by atoms with Crippen LogP contribution >= 0.6 is 0 Å². The minimum Gasteiger partial charge on any atom is -0.371 e. The number of anilines is 2. The van der Waals surface area contributed by atoms with Crippen molar-refractivity contribution in [1.29, 1.82) is 0 Å². The van der Waals surface area contributed by atoms with Crippen molar-refractivity contribution < 1.29 is 9.00 Å². The van der Waals surface area contributed by atoms with Crippen LogP contribution in [0.3, 0.4) is 0 Å². The lowest BCUT2D eigenvalue weighted by Gasteiger charge is -2.25. The van der Waals surface area contributed by atoms with Crippen LogP contribution in [0.4, 0.5) is 16.2 Å². The van der Waals surface area contributed by atoms with Gasteiger partial charge in [-0.05, 0) is 38.0 Å². The Balaban J connectivity index is 1.99. The molecule has 1 aliphatic heterocycles. The summed E-state index contributed by atoms with van der Waals surface area (Å²) in [4.78, 5) is 16.2. The Morgan fingerprint density at radius 3 is 2.73 bits per heavy atom. The summed E-state index contributed by atoms with van der Waals surface area (Å²) in [5.74, 6) is 0.484. The molecular weight excluding hydrogens is 298 g/mol. The van der Waals surface area contributed by atoms with E-state index in [4.69, 9.17) is 0 Å². The van der Waals surface area contributed by atoms with Crippen LogP contribution in [0.25, 0.3) is 0 Å². The number of hydrogen-bond donors (Lipinski definition) is 1. The van der Waals surface area contributed by atoms with Crippen LogP contribution in [0.15, 0.2) is 24.3 Å². The Hall–Kier alpha value is -1.56. The van der Waals surface area contributed by atoms with Gasteiger partial charge in [0.2, 0.25) is 0 Å². The minimum atomic E-state index is -0.913. The first-order valence-corrected chi connectivity index (χ1v) is 9.39. The molecule has 2 rings (SSSR count). The summed E-state index contributed by atoms with van der Waals surface area (Å²) in [7, 11) is 0.820. The first-order valence-electron chi connectivity index (χ1n) is 7.66. The van der Waals surface area contributed by atoms with Crippen LogP contribution < -0.4 is 10.2 Å². The van der Waals surface area contributed by atoms with Crippen LogP contribution in [0, 0.1) is 0 Å². The number of hydrogen-bond acceptors (Lipinski definition) is 3. The van der Waals surface area contributed by atoms with E-state index in [0.29, 0.717) is 5.75 Å². The van der Waals surface area contributed by atoms with E-state index in [0.717, 1.165) is 24.5 Å². The molecule has 0 aliphatic carbocycles. The number of amides is 2. The van der Waals surface area contributed by atoms with Gasteiger partial charge in [-0.1, -0.05) is 6.07 Å². The van der Waals surface area contributed by atoms with Gasteiger partial charge in [0.25, 0.3) is 0 Å². The van der Waals surface area contributed by atoms with Crippen molar-refractivity contribution in [2.24, 2.45) is 0 Å². The molecule has 0 aromatic heterocycles. The highest BCUT2D eigenvalue weighted by molar-refractivity contribution is 7.84. The summed E-state index contributed by atoms with van der Waals surface area (Å²) in [6.07, 6.45) is 4.11. The van der Waals surface area contributed by atoms with E-state index in [9.17, 15) is 9.00 Å². The molecule has 1 aromatic rings. The van der Waals surface area contributed by atoms with Gasteiger partial charge in [-0.25, -0.2) is 4.79 Å². The Morgan fingerprint density at radius 1 is 1.41 bits per heavy atom. The maximum absolute atomic E-state index is 12.3. The van der Waals surface area contributed by atoms with E-state index >= 15 is 0 Å². The van der Waals surface area contributed by atoms with Gasteiger partial charge in [0, 0.05) is 60.4 Å². The number of rotatable bonds is 5. The molecule has 0 spiro atoms. The molecule has 1 N–H and O–H groups in total. The number of benzene rings is 1. The zero-order valence-corrected chi connectivity index (χ0v) is 14.4. The normalized spacial score (nSPS) is 17.1. The second kappa shape index (κ2) is 7.63. The molecule has 1 heterocycles. The van der Waals surface area contributed by atoms with Crippen LogP contribution in [0.1, 0.15) is 19.8 Å². The highest BCUT2D eigenvalue weighted by atomic mass is 32.2. The van der Waals surface area contributed by atoms with Crippen molar-refractivity contribution in [1.82, 2.24) is 4.90 Å². The molecule has 2 unspecified atom stereocenters. The lowest BCUT2D eigenvalue weighted by molar-refractivity contribution is 0.212. The Bertz CT molecular complexity index is 544. The van der Waals surface area contributed by atoms with E-state index in [1.807, 2.05) is 25.1 Å². The van der Waals surface area contributed by atoms with Crippen LogP contribution in [0.5, 0.6) is 0 Å². The summed E-state index contributed by atoms with van der Waals surface area (Å²) in [5.41, 5.74) is 1.95. The monoisotopic (exact) mass is 323 g/mol. The number of carbonyl (C=O) groups is 1. The van der Waals surface area contributed by atoms with Gasteiger partial charge in [0.1, 0.15) is 0 Å². The topological polar surface area (TPSA) is 52.7 Å². The Kier molecular flexibility index (Phi) is 5.83. The first kappa shape index (κ1) is 16.8. The number of nitrogens with one attached hydrogen (secondary N) is 1. The fraction of sp³-hybridized carbons (Fsp3) is 0.562. The molecule has 1 saturated heterocycles. The second-order valence-electron chi connectivity index (χ2n) is 5.87. The van der Waals surface area contributed by atoms with E-state index in [-0.39, 0.29) is 12.1 Å². The number of carbonyl (C=O) groups excluding carboxylic acids is 1. The molecule has 0 bridgehead atoms. The molecule has 6 heteroatoms. The van der Waals surface area contributed by atoms with Gasteiger partial charge in [0.15, 0.2) is 0 Å². The summed E-state index contributed by atoms with van der Waals surface area (Å²) in [5, 5.41) is 2.92. The molecule has 122 valence electrons. The average Bonchev–Trinajstić information content (AvgIpc) is 3.00. The van der Waals surface area contributed by atoms with Gasteiger partial charge in [-0.2, -0.15) is 0 Å². The summed E-state index contributed by atoms with van der Waals surface area (Å²) >= 11 is 0. The second-order valence-corrected chi connectivity index (χ2v) is 7.35.